The van der Waals surface area contributed by atoms with Gasteiger partial charge in [-0.05, 0) is 51.2 Å². The molecule has 1 aromatic carbocycles. The van der Waals surface area contributed by atoms with Gasteiger partial charge >= 0.3 is 0 Å². The van der Waals surface area contributed by atoms with Crippen molar-refractivity contribution in [1.82, 2.24) is 4.31 Å². The van der Waals surface area contributed by atoms with E-state index in [1.54, 1.807) is 16.4 Å². The number of piperidine rings is 1. The molecule has 6 heteroatoms. The number of allylic oxidation sites excluding steroid dienone is 1. The second-order valence-electron chi connectivity index (χ2n) is 7.96. The van der Waals surface area contributed by atoms with Crippen LogP contribution in [0.5, 0.6) is 0 Å². The van der Waals surface area contributed by atoms with Crippen molar-refractivity contribution >= 4 is 18.3 Å². The molecule has 4 nitrogen and oxygen atoms in total. The normalized spacial score (nSPS) is 18.0. The predicted molar refractivity (Wildman–Crippen MR) is 109 cm³/mol. The smallest absolute Gasteiger partial charge is 0.243 e. The average molecular weight is 392 g/mol. The van der Waals surface area contributed by atoms with E-state index >= 15 is 0 Å². The molecule has 26 heavy (non-hydrogen) atoms. The molecular formula is C20H29NO3SSi. The van der Waals surface area contributed by atoms with Gasteiger partial charge in [-0.25, -0.2) is 8.42 Å². The second-order valence-corrected chi connectivity index (χ2v) is 14.3. The molecule has 1 saturated heterocycles. The molecule has 1 aliphatic heterocycles. The first kappa shape index (κ1) is 20.9. The molecule has 0 N–H and O–H groups in total. The van der Waals surface area contributed by atoms with Gasteiger partial charge in [-0.3, -0.25) is 0 Å². The van der Waals surface area contributed by atoms with Gasteiger partial charge in [0.2, 0.25) is 10.0 Å². The highest BCUT2D eigenvalue weighted by Gasteiger charge is 2.41. The van der Waals surface area contributed by atoms with Gasteiger partial charge < -0.3 is 4.43 Å². The predicted octanol–water partition coefficient (Wildman–Crippen LogP) is 3.95. The standard InChI is InChI=1S/C20H29NO3SSi/c1-17(2)11-12-20(24-26(4,5)6)13-15-21(16-14-20)25(22,23)19-9-7-18(3)8-10-19/h7-10H,1,13-16H2,2-6H3. The van der Waals surface area contributed by atoms with E-state index in [9.17, 15) is 8.42 Å². The van der Waals surface area contributed by atoms with Crippen molar-refractivity contribution in [1.29, 1.82) is 0 Å². The maximum Gasteiger partial charge on any atom is 0.243 e. The second kappa shape index (κ2) is 7.69. The number of sulfonamides is 1. The van der Waals surface area contributed by atoms with Crippen molar-refractivity contribution in [3.63, 3.8) is 0 Å². The highest BCUT2D eigenvalue weighted by Crippen LogP contribution is 2.32. The molecule has 0 spiro atoms. The molecule has 2 rings (SSSR count). The minimum Gasteiger partial charge on any atom is -0.401 e. The summed E-state index contributed by atoms with van der Waals surface area (Å²) in [6.45, 7) is 14.9. The van der Waals surface area contributed by atoms with Gasteiger partial charge in [0.15, 0.2) is 8.32 Å². The molecule has 0 radical (unpaired) electrons. The summed E-state index contributed by atoms with van der Waals surface area (Å²) < 4.78 is 33.8. The number of rotatable bonds is 4. The molecule has 1 fully saturated rings. The van der Waals surface area contributed by atoms with Crippen LogP contribution in [-0.2, 0) is 14.4 Å². The number of nitrogens with zero attached hydrogens (tertiary/aromatic N) is 1. The van der Waals surface area contributed by atoms with Crippen LogP contribution in [0.2, 0.25) is 19.6 Å². The van der Waals surface area contributed by atoms with Gasteiger partial charge in [0.05, 0.1) is 4.90 Å². The molecule has 0 atom stereocenters. The molecule has 0 amide bonds. The van der Waals surface area contributed by atoms with Crippen molar-refractivity contribution in [2.45, 2.75) is 56.8 Å². The Hall–Kier alpha value is -1.39. The Labute approximate surface area is 159 Å². The lowest BCUT2D eigenvalue weighted by molar-refractivity contribution is 0.0660. The molecule has 1 aliphatic rings. The van der Waals surface area contributed by atoms with E-state index in [1.165, 1.54) is 0 Å². The van der Waals surface area contributed by atoms with E-state index in [1.807, 2.05) is 26.0 Å². The Morgan fingerprint density at radius 2 is 1.73 bits per heavy atom. The van der Waals surface area contributed by atoms with Gasteiger partial charge in [0.1, 0.15) is 5.60 Å². The fourth-order valence-corrected chi connectivity index (χ4v) is 5.88. The van der Waals surface area contributed by atoms with Crippen molar-refractivity contribution in [2.75, 3.05) is 13.1 Å². The van der Waals surface area contributed by atoms with Crippen molar-refractivity contribution < 1.29 is 12.8 Å². The monoisotopic (exact) mass is 391 g/mol. The molecule has 1 heterocycles. The topological polar surface area (TPSA) is 46.6 Å². The maximum absolute atomic E-state index is 12.9. The third-order valence-electron chi connectivity index (χ3n) is 4.19. The summed E-state index contributed by atoms with van der Waals surface area (Å²) in [4.78, 5) is 0.342. The Morgan fingerprint density at radius 1 is 1.19 bits per heavy atom. The maximum atomic E-state index is 12.9. The molecule has 1 aromatic rings. The zero-order valence-electron chi connectivity index (χ0n) is 16.4. The summed E-state index contributed by atoms with van der Waals surface area (Å²) in [5, 5.41) is 0. The van der Waals surface area contributed by atoms with E-state index < -0.39 is 23.9 Å². The van der Waals surface area contributed by atoms with Crippen LogP contribution in [0.4, 0.5) is 0 Å². The Balaban J connectivity index is 2.22. The lowest BCUT2D eigenvalue weighted by Gasteiger charge is -2.41. The van der Waals surface area contributed by atoms with Crippen LogP contribution in [0.3, 0.4) is 0 Å². The molecule has 0 unspecified atom stereocenters. The summed E-state index contributed by atoms with van der Waals surface area (Å²) in [5.74, 6) is 6.31. The number of hydrogen-bond donors (Lipinski definition) is 0. The van der Waals surface area contributed by atoms with E-state index in [-0.39, 0.29) is 0 Å². The number of benzene rings is 1. The Morgan fingerprint density at radius 3 is 2.19 bits per heavy atom. The van der Waals surface area contributed by atoms with Crippen molar-refractivity contribution in [3.05, 3.63) is 42.0 Å². The third-order valence-corrected chi connectivity index (χ3v) is 7.11. The van der Waals surface area contributed by atoms with E-state index in [4.69, 9.17) is 4.43 Å². The van der Waals surface area contributed by atoms with Gasteiger partial charge in [0, 0.05) is 25.9 Å². The van der Waals surface area contributed by atoms with Crippen LogP contribution in [0.25, 0.3) is 0 Å². The average Bonchev–Trinajstić information content (AvgIpc) is 2.52. The summed E-state index contributed by atoms with van der Waals surface area (Å²) in [5.41, 5.74) is 1.25. The Bertz CT molecular complexity index is 819. The van der Waals surface area contributed by atoms with Crippen molar-refractivity contribution in [3.8, 4) is 11.8 Å². The van der Waals surface area contributed by atoms with Gasteiger partial charge in [0.25, 0.3) is 0 Å². The summed E-state index contributed by atoms with van der Waals surface area (Å²) >= 11 is 0. The molecule has 0 aromatic heterocycles. The highest BCUT2D eigenvalue weighted by atomic mass is 32.2. The van der Waals surface area contributed by atoms with E-state index in [0.29, 0.717) is 30.8 Å². The minimum atomic E-state index is -3.48. The van der Waals surface area contributed by atoms with Gasteiger partial charge in [-0.2, -0.15) is 4.31 Å². The van der Waals surface area contributed by atoms with Crippen molar-refractivity contribution in [2.24, 2.45) is 0 Å². The quantitative estimate of drug-likeness (QED) is 0.577. The van der Waals surface area contributed by atoms with E-state index in [2.05, 4.69) is 38.1 Å². The molecular weight excluding hydrogens is 362 g/mol. The van der Waals surface area contributed by atoms with Crippen LogP contribution in [-0.4, -0.2) is 39.7 Å². The molecule has 142 valence electrons. The van der Waals surface area contributed by atoms with Gasteiger partial charge in [-0.1, -0.05) is 36.1 Å². The fraction of sp³-hybridized carbons (Fsp3) is 0.500. The number of aryl methyl sites for hydroxylation is 1. The zero-order chi connectivity index (χ0) is 19.6. The largest absolute Gasteiger partial charge is 0.401 e. The summed E-state index contributed by atoms with van der Waals surface area (Å²) in [6.07, 6.45) is 1.14. The van der Waals surface area contributed by atoms with Crippen LogP contribution in [0.15, 0.2) is 41.3 Å². The molecule has 0 aliphatic carbocycles. The molecule has 0 bridgehead atoms. The SMILES string of the molecule is C=C(C)C#CC1(O[Si](C)(C)C)CCN(S(=O)(=O)c2ccc(C)cc2)CC1. The summed E-state index contributed by atoms with van der Waals surface area (Å²) in [6, 6.07) is 7.00. The first-order valence-corrected chi connectivity index (χ1v) is 13.7. The first-order valence-electron chi connectivity index (χ1n) is 8.89. The van der Waals surface area contributed by atoms with Gasteiger partial charge in [-0.15, -0.1) is 0 Å². The molecule has 0 saturated carbocycles. The first-order chi connectivity index (χ1) is 11.9. The van der Waals surface area contributed by atoms with Crippen LogP contribution >= 0.6 is 0 Å². The lowest BCUT2D eigenvalue weighted by Crippen LogP contribution is -2.51. The Kier molecular flexibility index (Phi) is 6.19. The van der Waals surface area contributed by atoms with Crippen LogP contribution in [0.1, 0.15) is 25.3 Å². The van der Waals surface area contributed by atoms with Crippen LogP contribution < -0.4 is 0 Å². The minimum absolute atomic E-state index is 0.342. The lowest BCUT2D eigenvalue weighted by atomic mass is 9.93. The third kappa shape index (κ3) is 5.30. The highest BCUT2D eigenvalue weighted by molar-refractivity contribution is 7.89. The fourth-order valence-electron chi connectivity index (χ4n) is 3.01. The van der Waals surface area contributed by atoms with Crippen LogP contribution in [0, 0.1) is 18.8 Å². The summed E-state index contributed by atoms with van der Waals surface area (Å²) in [7, 11) is -5.31. The number of hydrogen-bond acceptors (Lipinski definition) is 3. The van der Waals surface area contributed by atoms with E-state index in [0.717, 1.165) is 11.1 Å². The zero-order valence-corrected chi connectivity index (χ0v) is 18.2.